The summed E-state index contributed by atoms with van der Waals surface area (Å²) in [6.45, 7) is 9.50. The van der Waals surface area contributed by atoms with Crippen molar-refractivity contribution in [1.82, 2.24) is 10.0 Å². The average Bonchev–Trinajstić information content (AvgIpc) is 3.05. The smallest absolute Gasteiger partial charge is 0.287 e. The second kappa shape index (κ2) is 8.79. The van der Waals surface area contributed by atoms with E-state index in [4.69, 9.17) is 9.15 Å². The van der Waals surface area contributed by atoms with Crippen LogP contribution in [0.3, 0.4) is 0 Å². The van der Waals surface area contributed by atoms with E-state index in [0.29, 0.717) is 13.0 Å². The summed E-state index contributed by atoms with van der Waals surface area (Å²) < 4.78 is 37.8. The zero-order valence-corrected chi connectivity index (χ0v) is 17.7. The number of nitrogens with one attached hydrogen (secondary N) is 2. The number of amides is 1. The lowest BCUT2D eigenvalue weighted by Crippen LogP contribution is -2.40. The quantitative estimate of drug-likeness (QED) is 0.699. The van der Waals surface area contributed by atoms with Crippen molar-refractivity contribution in [2.75, 3.05) is 6.54 Å². The predicted molar refractivity (Wildman–Crippen MR) is 107 cm³/mol. The van der Waals surface area contributed by atoms with Crippen LogP contribution in [0.4, 0.5) is 0 Å². The monoisotopic (exact) mass is 408 g/mol. The molecule has 2 aromatic rings. The lowest BCUT2D eigenvalue weighted by atomic mass is 10.1. The van der Waals surface area contributed by atoms with Gasteiger partial charge in [-0.1, -0.05) is 12.1 Å². The molecular weight excluding hydrogens is 380 g/mol. The fourth-order valence-corrected chi connectivity index (χ4v) is 3.81. The summed E-state index contributed by atoms with van der Waals surface area (Å²) in [5.74, 6) is 0.294. The van der Waals surface area contributed by atoms with Crippen molar-refractivity contribution < 1.29 is 22.4 Å². The number of rotatable bonds is 8. The van der Waals surface area contributed by atoms with Gasteiger partial charge in [-0.15, -0.1) is 0 Å². The molecule has 2 N–H and O–H groups in total. The maximum atomic E-state index is 12.2. The maximum absolute atomic E-state index is 12.2. The highest BCUT2D eigenvalue weighted by molar-refractivity contribution is 7.89. The summed E-state index contributed by atoms with van der Waals surface area (Å²) in [6.07, 6.45) is 0.747. The van der Waals surface area contributed by atoms with Crippen molar-refractivity contribution in [3.05, 3.63) is 47.7 Å². The van der Waals surface area contributed by atoms with Crippen molar-refractivity contribution in [2.24, 2.45) is 0 Å². The Labute approximate surface area is 166 Å². The SMILES string of the molecule is CC(C)Oc1ccc(CCNC(=O)c2ccc(S(=O)(=O)NC(C)(C)C)o2)cc1. The summed E-state index contributed by atoms with van der Waals surface area (Å²) >= 11 is 0. The van der Waals surface area contributed by atoms with Gasteiger partial charge in [-0.2, -0.15) is 0 Å². The topological polar surface area (TPSA) is 97.6 Å². The minimum absolute atomic E-state index is 0.0463. The molecule has 0 aliphatic rings. The van der Waals surface area contributed by atoms with Crippen LogP contribution in [0.2, 0.25) is 0 Å². The summed E-state index contributed by atoms with van der Waals surface area (Å²) in [5.41, 5.74) is 0.401. The molecule has 0 aliphatic carbocycles. The summed E-state index contributed by atoms with van der Waals surface area (Å²) in [6, 6.07) is 10.3. The predicted octanol–water partition coefficient (Wildman–Crippen LogP) is 3.12. The van der Waals surface area contributed by atoms with Gasteiger partial charge in [0, 0.05) is 12.1 Å². The third-order valence-corrected chi connectivity index (χ3v) is 5.14. The van der Waals surface area contributed by atoms with Gasteiger partial charge in [-0.05, 0) is 70.9 Å². The van der Waals surface area contributed by atoms with Gasteiger partial charge in [0.1, 0.15) is 5.75 Å². The number of hydrogen-bond acceptors (Lipinski definition) is 5. The van der Waals surface area contributed by atoms with Gasteiger partial charge in [0.25, 0.3) is 15.9 Å². The van der Waals surface area contributed by atoms with E-state index in [-0.39, 0.29) is 17.0 Å². The Morgan fingerprint density at radius 3 is 2.32 bits per heavy atom. The molecule has 1 aromatic carbocycles. The number of carbonyl (C=O) groups excluding carboxylic acids is 1. The van der Waals surface area contributed by atoms with Crippen molar-refractivity contribution >= 4 is 15.9 Å². The van der Waals surface area contributed by atoms with E-state index in [2.05, 4.69) is 10.0 Å². The van der Waals surface area contributed by atoms with Gasteiger partial charge in [-0.25, -0.2) is 13.1 Å². The van der Waals surface area contributed by atoms with Gasteiger partial charge in [0.05, 0.1) is 6.10 Å². The lowest BCUT2D eigenvalue weighted by Gasteiger charge is -2.18. The number of carbonyl (C=O) groups is 1. The molecule has 28 heavy (non-hydrogen) atoms. The number of sulfonamides is 1. The second-order valence-corrected chi connectivity index (χ2v) is 9.40. The van der Waals surface area contributed by atoms with Crippen LogP contribution < -0.4 is 14.8 Å². The molecule has 0 bridgehead atoms. The van der Waals surface area contributed by atoms with Gasteiger partial charge >= 0.3 is 0 Å². The highest BCUT2D eigenvalue weighted by Gasteiger charge is 2.26. The fraction of sp³-hybridized carbons (Fsp3) is 0.450. The van der Waals surface area contributed by atoms with Crippen LogP contribution in [-0.4, -0.2) is 32.5 Å². The molecule has 0 saturated carbocycles. The average molecular weight is 409 g/mol. The molecule has 1 amide bonds. The zero-order chi connectivity index (χ0) is 20.9. The van der Waals surface area contributed by atoms with Crippen molar-refractivity contribution in [2.45, 2.75) is 57.8 Å². The molecule has 154 valence electrons. The van der Waals surface area contributed by atoms with Gasteiger partial charge in [0.15, 0.2) is 5.76 Å². The fourth-order valence-electron chi connectivity index (χ4n) is 2.45. The Morgan fingerprint density at radius 2 is 1.75 bits per heavy atom. The van der Waals surface area contributed by atoms with Crippen molar-refractivity contribution in [1.29, 1.82) is 0 Å². The highest BCUT2D eigenvalue weighted by atomic mass is 32.2. The van der Waals surface area contributed by atoms with Crippen LogP contribution >= 0.6 is 0 Å². The zero-order valence-electron chi connectivity index (χ0n) is 16.9. The Bertz CT molecular complexity index is 893. The molecule has 0 radical (unpaired) electrons. The van der Waals surface area contributed by atoms with E-state index in [9.17, 15) is 13.2 Å². The van der Waals surface area contributed by atoms with E-state index in [1.54, 1.807) is 20.8 Å². The third kappa shape index (κ3) is 6.69. The molecule has 1 heterocycles. The van der Waals surface area contributed by atoms with Gasteiger partial charge in [-0.3, -0.25) is 4.79 Å². The molecule has 0 spiro atoms. The first kappa shape index (κ1) is 22.0. The Hall–Kier alpha value is -2.32. The molecule has 0 unspecified atom stereocenters. The molecule has 0 saturated heterocycles. The van der Waals surface area contributed by atoms with Crippen LogP contribution in [0.1, 0.15) is 50.7 Å². The molecule has 0 atom stereocenters. The minimum atomic E-state index is -3.82. The van der Waals surface area contributed by atoms with Crippen molar-refractivity contribution in [3.8, 4) is 5.75 Å². The summed E-state index contributed by atoms with van der Waals surface area (Å²) in [4.78, 5) is 12.2. The molecule has 2 rings (SSSR count). The van der Waals surface area contributed by atoms with Gasteiger partial charge < -0.3 is 14.5 Å². The molecule has 0 aliphatic heterocycles. The molecule has 8 heteroatoms. The second-order valence-electron chi connectivity index (χ2n) is 7.79. The van der Waals surface area contributed by atoms with Crippen LogP contribution in [0, 0.1) is 0 Å². The molecule has 0 fully saturated rings. The van der Waals surface area contributed by atoms with Crippen molar-refractivity contribution in [3.63, 3.8) is 0 Å². The normalized spacial score (nSPS) is 12.2. The van der Waals surface area contributed by atoms with E-state index in [0.717, 1.165) is 11.3 Å². The first-order valence-corrected chi connectivity index (χ1v) is 10.6. The van der Waals surface area contributed by atoms with E-state index < -0.39 is 21.5 Å². The molecule has 7 nitrogen and oxygen atoms in total. The van der Waals surface area contributed by atoms with Crippen LogP contribution in [0.5, 0.6) is 5.75 Å². The Kier molecular flexibility index (Phi) is 6.90. The first-order valence-electron chi connectivity index (χ1n) is 9.14. The first-order chi connectivity index (χ1) is 13.0. The van der Waals surface area contributed by atoms with Crippen LogP contribution in [0.25, 0.3) is 0 Å². The lowest BCUT2D eigenvalue weighted by molar-refractivity contribution is 0.0921. The Morgan fingerprint density at radius 1 is 1.11 bits per heavy atom. The maximum Gasteiger partial charge on any atom is 0.287 e. The van der Waals surface area contributed by atoms with E-state index >= 15 is 0 Å². The van der Waals surface area contributed by atoms with E-state index in [1.807, 2.05) is 38.1 Å². The van der Waals surface area contributed by atoms with Gasteiger partial charge in [0.2, 0.25) is 5.09 Å². The largest absolute Gasteiger partial charge is 0.491 e. The summed E-state index contributed by atoms with van der Waals surface area (Å²) in [5, 5.41) is 2.44. The number of hydrogen-bond donors (Lipinski definition) is 2. The Balaban J connectivity index is 1.89. The highest BCUT2D eigenvalue weighted by Crippen LogP contribution is 2.17. The minimum Gasteiger partial charge on any atom is -0.491 e. The molecular formula is C20H28N2O5S. The number of benzene rings is 1. The van der Waals surface area contributed by atoms with Crippen LogP contribution in [-0.2, 0) is 16.4 Å². The summed E-state index contributed by atoms with van der Waals surface area (Å²) in [7, 11) is -3.82. The van der Waals surface area contributed by atoms with E-state index in [1.165, 1.54) is 12.1 Å². The third-order valence-electron chi connectivity index (χ3n) is 3.50. The number of furan rings is 1. The standard InChI is InChI=1S/C20H28N2O5S/c1-14(2)26-16-8-6-15(7-9-16)12-13-21-19(23)17-10-11-18(27-17)28(24,25)22-20(3,4)5/h6-11,14,22H,12-13H2,1-5H3,(H,21,23). The van der Waals surface area contributed by atoms with Crippen LogP contribution in [0.15, 0.2) is 45.9 Å². The molecule has 1 aromatic heterocycles. The number of ether oxygens (including phenoxy) is 1.